The van der Waals surface area contributed by atoms with Gasteiger partial charge < -0.3 is 15.2 Å². The zero-order valence-corrected chi connectivity index (χ0v) is 10.6. The molecule has 98 valence electrons. The van der Waals surface area contributed by atoms with Crippen molar-refractivity contribution in [3.05, 3.63) is 0 Å². The molecule has 0 aromatic heterocycles. The quantitative estimate of drug-likeness (QED) is 0.624. The normalized spacial score (nSPS) is 23.2. The van der Waals surface area contributed by atoms with E-state index in [0.29, 0.717) is 18.6 Å². The number of esters is 1. The molecule has 17 heavy (non-hydrogen) atoms. The zero-order chi connectivity index (χ0) is 12.3. The standard InChI is InChI=1S/C13H23NO3/c1-2-17-12(16)7-11(15)8-14-9-13(5-6-13)10-3-4-10/h10-11,14-15H,2-9H2,1H3. The average molecular weight is 241 g/mol. The summed E-state index contributed by atoms with van der Waals surface area (Å²) in [6.07, 6.45) is 4.90. The van der Waals surface area contributed by atoms with Crippen molar-refractivity contribution in [1.29, 1.82) is 0 Å². The van der Waals surface area contributed by atoms with Crippen molar-refractivity contribution in [2.75, 3.05) is 19.7 Å². The summed E-state index contributed by atoms with van der Waals surface area (Å²) < 4.78 is 4.79. The summed E-state index contributed by atoms with van der Waals surface area (Å²) in [7, 11) is 0. The van der Waals surface area contributed by atoms with Gasteiger partial charge in [-0.05, 0) is 43.9 Å². The van der Waals surface area contributed by atoms with E-state index in [2.05, 4.69) is 5.32 Å². The number of carbonyl (C=O) groups excluding carboxylic acids is 1. The molecule has 0 aliphatic heterocycles. The Morgan fingerprint density at radius 2 is 2.24 bits per heavy atom. The number of aliphatic hydroxyl groups excluding tert-OH is 1. The molecule has 2 aliphatic carbocycles. The van der Waals surface area contributed by atoms with Gasteiger partial charge in [-0.15, -0.1) is 0 Å². The number of hydrogen-bond donors (Lipinski definition) is 2. The molecule has 0 aromatic rings. The van der Waals surface area contributed by atoms with Gasteiger partial charge in [-0.1, -0.05) is 0 Å². The maximum atomic E-state index is 11.1. The van der Waals surface area contributed by atoms with Gasteiger partial charge in [0, 0.05) is 13.1 Å². The molecule has 2 saturated carbocycles. The van der Waals surface area contributed by atoms with E-state index in [-0.39, 0.29) is 12.4 Å². The molecule has 4 nitrogen and oxygen atoms in total. The van der Waals surface area contributed by atoms with E-state index in [0.717, 1.165) is 12.5 Å². The fraction of sp³-hybridized carbons (Fsp3) is 0.923. The number of nitrogens with one attached hydrogen (secondary N) is 1. The van der Waals surface area contributed by atoms with Crippen LogP contribution in [-0.2, 0) is 9.53 Å². The SMILES string of the molecule is CCOC(=O)CC(O)CNCC1(C2CC2)CC1. The van der Waals surface area contributed by atoms with Gasteiger partial charge >= 0.3 is 5.97 Å². The molecule has 2 fully saturated rings. The van der Waals surface area contributed by atoms with Gasteiger partial charge in [-0.25, -0.2) is 0 Å². The Balaban J connectivity index is 1.56. The zero-order valence-electron chi connectivity index (χ0n) is 10.6. The molecule has 2 aliphatic rings. The van der Waals surface area contributed by atoms with Crippen molar-refractivity contribution in [3.8, 4) is 0 Å². The van der Waals surface area contributed by atoms with E-state index in [9.17, 15) is 9.90 Å². The first kappa shape index (κ1) is 12.8. The van der Waals surface area contributed by atoms with Crippen LogP contribution in [0.4, 0.5) is 0 Å². The molecule has 0 radical (unpaired) electrons. The number of rotatable bonds is 8. The van der Waals surface area contributed by atoms with Crippen LogP contribution in [0.3, 0.4) is 0 Å². The molecule has 0 amide bonds. The summed E-state index contributed by atoms with van der Waals surface area (Å²) >= 11 is 0. The Morgan fingerprint density at radius 3 is 2.76 bits per heavy atom. The van der Waals surface area contributed by atoms with Crippen molar-refractivity contribution in [2.24, 2.45) is 11.3 Å². The van der Waals surface area contributed by atoms with Crippen LogP contribution in [0.1, 0.15) is 39.0 Å². The summed E-state index contributed by atoms with van der Waals surface area (Å²) in [6.45, 7) is 3.64. The molecule has 0 saturated heterocycles. The third-order valence-electron chi connectivity index (χ3n) is 3.90. The Morgan fingerprint density at radius 1 is 1.53 bits per heavy atom. The predicted octanol–water partition coefficient (Wildman–Crippen LogP) is 1.08. The first-order valence-corrected chi connectivity index (χ1v) is 6.71. The van der Waals surface area contributed by atoms with Crippen LogP contribution in [0, 0.1) is 11.3 Å². The molecule has 0 bridgehead atoms. The van der Waals surface area contributed by atoms with Gasteiger partial charge in [0.25, 0.3) is 0 Å². The molecule has 4 heteroatoms. The highest BCUT2D eigenvalue weighted by Gasteiger charge is 2.53. The van der Waals surface area contributed by atoms with Crippen molar-refractivity contribution >= 4 is 5.97 Å². The number of ether oxygens (including phenoxy) is 1. The Bertz CT molecular complexity index is 272. The molecule has 2 rings (SSSR count). The lowest BCUT2D eigenvalue weighted by molar-refractivity contribution is -0.145. The first-order valence-electron chi connectivity index (χ1n) is 6.71. The summed E-state index contributed by atoms with van der Waals surface area (Å²) in [5.41, 5.74) is 0.545. The maximum absolute atomic E-state index is 11.1. The second kappa shape index (κ2) is 5.36. The monoisotopic (exact) mass is 241 g/mol. The molecule has 0 heterocycles. The number of aliphatic hydroxyl groups is 1. The highest BCUT2D eigenvalue weighted by atomic mass is 16.5. The number of carbonyl (C=O) groups is 1. The molecular weight excluding hydrogens is 218 g/mol. The van der Waals surface area contributed by atoms with E-state index >= 15 is 0 Å². The summed E-state index contributed by atoms with van der Waals surface area (Å²) in [5.74, 6) is 0.613. The Labute approximate surface area is 103 Å². The van der Waals surface area contributed by atoms with Gasteiger partial charge in [0.2, 0.25) is 0 Å². The molecular formula is C13H23NO3. The summed E-state index contributed by atoms with van der Waals surface area (Å²) in [6, 6.07) is 0. The molecule has 1 atom stereocenters. The first-order chi connectivity index (χ1) is 8.16. The highest BCUT2D eigenvalue weighted by molar-refractivity contribution is 5.69. The lowest BCUT2D eigenvalue weighted by Gasteiger charge is -2.17. The summed E-state index contributed by atoms with van der Waals surface area (Å²) in [4.78, 5) is 11.1. The fourth-order valence-electron chi connectivity index (χ4n) is 2.56. The highest BCUT2D eigenvalue weighted by Crippen LogP contribution is 2.60. The minimum atomic E-state index is -0.621. The largest absolute Gasteiger partial charge is 0.466 e. The second-order valence-electron chi connectivity index (χ2n) is 5.43. The molecule has 0 aromatic carbocycles. The minimum Gasteiger partial charge on any atom is -0.466 e. The third kappa shape index (κ3) is 3.68. The van der Waals surface area contributed by atoms with E-state index in [1.807, 2.05) is 0 Å². The third-order valence-corrected chi connectivity index (χ3v) is 3.90. The lowest BCUT2D eigenvalue weighted by Crippen LogP contribution is -2.33. The van der Waals surface area contributed by atoms with Gasteiger partial charge in [0.15, 0.2) is 0 Å². The predicted molar refractivity (Wildman–Crippen MR) is 64.5 cm³/mol. The van der Waals surface area contributed by atoms with Crippen molar-refractivity contribution < 1.29 is 14.6 Å². The van der Waals surface area contributed by atoms with Crippen LogP contribution in [0.15, 0.2) is 0 Å². The van der Waals surface area contributed by atoms with Crippen LogP contribution in [0.2, 0.25) is 0 Å². The topological polar surface area (TPSA) is 58.6 Å². The summed E-state index contributed by atoms with van der Waals surface area (Å²) in [5, 5.41) is 13.0. The Kier molecular flexibility index (Phi) is 4.05. The smallest absolute Gasteiger partial charge is 0.308 e. The van der Waals surface area contributed by atoms with Gasteiger partial charge in [-0.3, -0.25) is 4.79 Å². The lowest BCUT2D eigenvalue weighted by atomic mass is 10.0. The van der Waals surface area contributed by atoms with E-state index in [1.165, 1.54) is 25.7 Å². The Hall–Kier alpha value is -0.610. The fourth-order valence-corrected chi connectivity index (χ4v) is 2.56. The molecule has 2 N–H and O–H groups in total. The molecule has 1 unspecified atom stereocenters. The average Bonchev–Trinajstić information content (AvgIpc) is 3.13. The van der Waals surface area contributed by atoms with Crippen LogP contribution >= 0.6 is 0 Å². The van der Waals surface area contributed by atoms with Gasteiger partial charge in [-0.2, -0.15) is 0 Å². The van der Waals surface area contributed by atoms with Gasteiger partial charge in [0.1, 0.15) is 0 Å². The van der Waals surface area contributed by atoms with Crippen molar-refractivity contribution in [2.45, 2.75) is 45.1 Å². The molecule has 0 spiro atoms. The van der Waals surface area contributed by atoms with Crippen molar-refractivity contribution in [1.82, 2.24) is 5.32 Å². The van der Waals surface area contributed by atoms with Crippen LogP contribution in [-0.4, -0.2) is 36.9 Å². The van der Waals surface area contributed by atoms with Crippen LogP contribution < -0.4 is 5.32 Å². The van der Waals surface area contributed by atoms with Crippen LogP contribution in [0.5, 0.6) is 0 Å². The minimum absolute atomic E-state index is 0.0945. The maximum Gasteiger partial charge on any atom is 0.308 e. The second-order valence-corrected chi connectivity index (χ2v) is 5.43. The van der Waals surface area contributed by atoms with Gasteiger partial charge in [0.05, 0.1) is 19.1 Å². The van der Waals surface area contributed by atoms with Crippen LogP contribution in [0.25, 0.3) is 0 Å². The van der Waals surface area contributed by atoms with Crippen molar-refractivity contribution in [3.63, 3.8) is 0 Å². The van der Waals surface area contributed by atoms with E-state index in [1.54, 1.807) is 6.92 Å². The number of hydrogen-bond acceptors (Lipinski definition) is 4. The van der Waals surface area contributed by atoms with E-state index in [4.69, 9.17) is 4.74 Å². The van der Waals surface area contributed by atoms with E-state index < -0.39 is 6.10 Å².